The third-order valence-electron chi connectivity index (χ3n) is 10.3. The Hall–Kier alpha value is -1.30. The van der Waals surface area contributed by atoms with Gasteiger partial charge in [-0.3, -0.25) is 9.59 Å². The number of allylic oxidation sites excluding steroid dienone is 4. The molecular formula is C28H43NO4. The second-order valence-corrected chi connectivity index (χ2v) is 11.9. The van der Waals surface area contributed by atoms with E-state index in [1.54, 1.807) is 6.08 Å². The van der Waals surface area contributed by atoms with Crippen molar-refractivity contribution in [3.63, 3.8) is 0 Å². The van der Waals surface area contributed by atoms with Gasteiger partial charge in [0.05, 0.1) is 12.6 Å². The number of ether oxygens (including phenoxy) is 2. The van der Waals surface area contributed by atoms with Crippen LogP contribution >= 0.6 is 0 Å². The van der Waals surface area contributed by atoms with E-state index < -0.39 is 5.60 Å². The standard InChI is InChI=1S/C28H43NO4/c1-7-9-24-32-23-16-25(4)12-8-10-20-14-21(30)11-13-26(20,5)19(3)18(2)15-27(25,6)28(23,33-24)22(31)17-29/h11,13-14,18-19,23-24H,7-10,12,15-17,29H2,1-6H3/t18?,19?,23?,24?,25-,26?,27+,28-/m1/s1. The second-order valence-electron chi connectivity index (χ2n) is 11.9. The van der Waals surface area contributed by atoms with Crippen molar-refractivity contribution < 1.29 is 19.1 Å². The van der Waals surface area contributed by atoms with Gasteiger partial charge in [0.1, 0.15) is 0 Å². The largest absolute Gasteiger partial charge is 0.346 e. The van der Waals surface area contributed by atoms with Crippen molar-refractivity contribution in [2.24, 2.45) is 33.8 Å². The summed E-state index contributed by atoms with van der Waals surface area (Å²) >= 11 is 0. The Morgan fingerprint density at radius 3 is 2.61 bits per heavy atom. The maximum Gasteiger partial charge on any atom is 0.181 e. The molecular weight excluding hydrogens is 414 g/mol. The summed E-state index contributed by atoms with van der Waals surface area (Å²) in [7, 11) is 0. The second kappa shape index (κ2) is 8.42. The first kappa shape index (κ1) is 24.8. The van der Waals surface area contributed by atoms with E-state index in [2.05, 4.69) is 47.6 Å². The van der Waals surface area contributed by atoms with Crippen molar-refractivity contribution in [1.82, 2.24) is 0 Å². The van der Waals surface area contributed by atoms with Crippen LogP contribution in [0.15, 0.2) is 23.8 Å². The van der Waals surface area contributed by atoms with Crippen molar-refractivity contribution in [1.29, 1.82) is 0 Å². The van der Waals surface area contributed by atoms with Crippen LogP contribution in [0.2, 0.25) is 0 Å². The molecule has 4 aliphatic rings. The van der Waals surface area contributed by atoms with Gasteiger partial charge in [0, 0.05) is 10.8 Å². The van der Waals surface area contributed by atoms with Crippen LogP contribution in [-0.4, -0.2) is 36.1 Å². The first-order valence-corrected chi connectivity index (χ1v) is 13.0. The molecule has 5 heteroatoms. The number of Topliss-reactive ketones (excluding diaryl/α,β-unsaturated/α-hetero) is 1. The molecule has 3 fully saturated rings. The fourth-order valence-electron chi connectivity index (χ4n) is 7.80. The number of carbonyl (C=O) groups excluding carboxylic acids is 2. The first-order chi connectivity index (χ1) is 15.5. The summed E-state index contributed by atoms with van der Waals surface area (Å²) in [6, 6.07) is 0. The lowest BCUT2D eigenvalue weighted by Gasteiger charge is -2.53. The Balaban J connectivity index is 1.79. The number of carbonyl (C=O) groups is 2. The van der Waals surface area contributed by atoms with E-state index in [-0.39, 0.29) is 46.8 Å². The average molecular weight is 458 g/mol. The fourth-order valence-corrected chi connectivity index (χ4v) is 7.80. The SMILES string of the molecule is CCCC1OC2C[C@@]3(C)CCCC4=CC(=O)C=CC4(C)C(C)C(C)C[C@]3(C)[C@]2(C(=O)CN)O1. The number of rotatable bonds is 4. The zero-order valence-corrected chi connectivity index (χ0v) is 21.4. The number of hydrogen-bond donors (Lipinski definition) is 1. The van der Waals surface area contributed by atoms with Crippen molar-refractivity contribution in [2.45, 2.75) is 104 Å². The molecule has 0 radical (unpaired) electrons. The maximum atomic E-state index is 13.6. The van der Waals surface area contributed by atoms with E-state index in [1.807, 2.05) is 6.08 Å². The fraction of sp³-hybridized carbons (Fsp3) is 0.786. The number of nitrogens with two attached hydrogens (primary N) is 1. The molecule has 4 rings (SSSR count). The molecule has 0 aromatic rings. The van der Waals surface area contributed by atoms with Gasteiger partial charge >= 0.3 is 0 Å². The van der Waals surface area contributed by atoms with Crippen LogP contribution in [0.1, 0.15) is 86.5 Å². The van der Waals surface area contributed by atoms with Crippen molar-refractivity contribution in [3.8, 4) is 0 Å². The summed E-state index contributed by atoms with van der Waals surface area (Å²) in [6.07, 6.45) is 11.4. The van der Waals surface area contributed by atoms with Crippen molar-refractivity contribution in [3.05, 3.63) is 23.8 Å². The Kier molecular flexibility index (Phi) is 6.33. The topological polar surface area (TPSA) is 78.6 Å². The van der Waals surface area contributed by atoms with Crippen LogP contribution in [0.4, 0.5) is 0 Å². The minimum Gasteiger partial charge on any atom is -0.346 e. The van der Waals surface area contributed by atoms with Gasteiger partial charge in [-0.05, 0) is 67.9 Å². The zero-order valence-electron chi connectivity index (χ0n) is 21.4. The zero-order chi connectivity index (χ0) is 24.2. The summed E-state index contributed by atoms with van der Waals surface area (Å²) in [4.78, 5) is 25.9. The Labute approximate surface area is 199 Å². The summed E-state index contributed by atoms with van der Waals surface area (Å²) in [5, 5.41) is 0. The summed E-state index contributed by atoms with van der Waals surface area (Å²) in [5.41, 5.74) is 5.63. The number of ketones is 2. The third kappa shape index (κ3) is 3.44. The van der Waals surface area contributed by atoms with E-state index in [9.17, 15) is 9.59 Å². The van der Waals surface area contributed by atoms with Gasteiger partial charge in [-0.25, -0.2) is 0 Å². The van der Waals surface area contributed by atoms with E-state index in [1.165, 1.54) is 5.57 Å². The Morgan fingerprint density at radius 1 is 1.21 bits per heavy atom. The predicted octanol–water partition coefficient (Wildman–Crippen LogP) is 5.13. The van der Waals surface area contributed by atoms with Gasteiger partial charge in [0.15, 0.2) is 23.5 Å². The van der Waals surface area contributed by atoms with E-state index in [0.29, 0.717) is 11.8 Å². The van der Waals surface area contributed by atoms with Gasteiger partial charge in [0.2, 0.25) is 0 Å². The van der Waals surface area contributed by atoms with Gasteiger partial charge < -0.3 is 15.2 Å². The van der Waals surface area contributed by atoms with Crippen LogP contribution in [0.25, 0.3) is 0 Å². The molecule has 0 amide bonds. The number of fused-ring (bicyclic) bond motifs is 4. The molecule has 1 saturated heterocycles. The molecule has 1 aliphatic heterocycles. The molecule has 0 aromatic heterocycles. The normalized spacial score (nSPS) is 47.5. The highest BCUT2D eigenvalue weighted by atomic mass is 16.7. The van der Waals surface area contributed by atoms with Crippen LogP contribution in [0, 0.1) is 28.1 Å². The molecule has 3 aliphatic carbocycles. The summed E-state index contributed by atoms with van der Waals surface area (Å²) in [6.45, 7) is 13.6. The molecule has 2 saturated carbocycles. The Bertz CT molecular complexity index is 879. The molecule has 184 valence electrons. The van der Waals surface area contributed by atoms with Crippen molar-refractivity contribution in [2.75, 3.05) is 6.54 Å². The highest BCUT2D eigenvalue weighted by Crippen LogP contribution is 2.68. The lowest BCUT2D eigenvalue weighted by molar-refractivity contribution is -0.183. The molecule has 1 heterocycles. The van der Waals surface area contributed by atoms with E-state index in [4.69, 9.17) is 15.2 Å². The molecule has 2 N–H and O–H groups in total. The van der Waals surface area contributed by atoms with Crippen LogP contribution < -0.4 is 5.73 Å². The molecule has 0 bridgehead atoms. The molecule has 8 atom stereocenters. The maximum absolute atomic E-state index is 13.6. The minimum atomic E-state index is -0.985. The predicted molar refractivity (Wildman–Crippen MR) is 129 cm³/mol. The van der Waals surface area contributed by atoms with Gasteiger partial charge in [0.25, 0.3) is 0 Å². The first-order valence-electron chi connectivity index (χ1n) is 13.0. The summed E-state index contributed by atoms with van der Waals surface area (Å²) < 4.78 is 13.1. The molecule has 5 unspecified atom stereocenters. The smallest absolute Gasteiger partial charge is 0.181 e. The lowest BCUT2D eigenvalue weighted by atomic mass is 9.53. The van der Waals surface area contributed by atoms with Gasteiger partial charge in [-0.2, -0.15) is 0 Å². The van der Waals surface area contributed by atoms with Gasteiger partial charge in [-0.1, -0.05) is 59.6 Å². The van der Waals surface area contributed by atoms with E-state index >= 15 is 0 Å². The number of hydrogen-bond acceptors (Lipinski definition) is 5. The van der Waals surface area contributed by atoms with Crippen LogP contribution in [0.3, 0.4) is 0 Å². The van der Waals surface area contributed by atoms with E-state index in [0.717, 1.165) is 44.9 Å². The highest BCUT2D eigenvalue weighted by molar-refractivity contribution is 6.01. The molecule has 0 aromatic carbocycles. The molecule has 0 spiro atoms. The Morgan fingerprint density at radius 2 is 1.94 bits per heavy atom. The van der Waals surface area contributed by atoms with Crippen LogP contribution in [-0.2, 0) is 19.1 Å². The average Bonchev–Trinajstić information content (AvgIpc) is 3.20. The molecule has 5 nitrogen and oxygen atoms in total. The molecule has 33 heavy (non-hydrogen) atoms. The van der Waals surface area contributed by atoms with Gasteiger partial charge in [-0.15, -0.1) is 0 Å². The van der Waals surface area contributed by atoms with Crippen molar-refractivity contribution >= 4 is 11.6 Å². The van der Waals surface area contributed by atoms with Crippen LogP contribution in [0.5, 0.6) is 0 Å². The third-order valence-corrected chi connectivity index (χ3v) is 10.3. The quantitative estimate of drug-likeness (QED) is 0.633. The summed E-state index contributed by atoms with van der Waals surface area (Å²) in [5.74, 6) is 0.713. The minimum absolute atomic E-state index is 0.0100. The monoisotopic (exact) mass is 457 g/mol. The lowest BCUT2D eigenvalue weighted by Crippen LogP contribution is -2.60. The highest BCUT2D eigenvalue weighted by Gasteiger charge is 2.75.